The van der Waals surface area contributed by atoms with Crippen molar-refractivity contribution in [3.63, 3.8) is 0 Å². The van der Waals surface area contributed by atoms with Crippen molar-refractivity contribution in [2.24, 2.45) is 0 Å². The second-order valence-corrected chi connectivity index (χ2v) is 9.43. The summed E-state index contributed by atoms with van der Waals surface area (Å²) < 4.78 is 67.1. The van der Waals surface area contributed by atoms with Gasteiger partial charge >= 0.3 is 12.1 Å². The highest BCUT2D eigenvalue weighted by atomic mass is 32.2. The Kier molecular flexibility index (Phi) is 5.09. The smallest absolute Gasteiger partial charge is 0.257 e. The molecule has 0 atom stereocenters. The van der Waals surface area contributed by atoms with Crippen molar-refractivity contribution in [3.05, 3.63) is 42.2 Å². The predicted molar refractivity (Wildman–Crippen MR) is 116 cm³/mol. The van der Waals surface area contributed by atoms with Crippen molar-refractivity contribution in [2.45, 2.75) is 48.8 Å². The Hall–Kier alpha value is -3.20. The molecule has 3 aromatic heterocycles. The fourth-order valence-electron chi connectivity index (χ4n) is 3.87. The number of fused-ring (bicyclic) bond motifs is 2. The van der Waals surface area contributed by atoms with E-state index in [1.54, 1.807) is 10.7 Å². The van der Waals surface area contributed by atoms with Crippen LogP contribution < -0.4 is 0 Å². The number of halogens is 5. The van der Waals surface area contributed by atoms with Gasteiger partial charge in [0.1, 0.15) is 11.6 Å². The highest BCUT2D eigenvalue weighted by Crippen LogP contribution is 2.48. The molecular weight excluding hydrogens is 475 g/mol. The number of nitrogens with zero attached hydrogens (tertiary/aromatic N) is 6. The highest BCUT2D eigenvalue weighted by molar-refractivity contribution is 7.99. The molecule has 0 radical (unpaired) electrons. The average molecular weight is 492 g/mol. The van der Waals surface area contributed by atoms with Crippen LogP contribution in [0.4, 0.5) is 22.0 Å². The van der Waals surface area contributed by atoms with E-state index in [2.05, 4.69) is 21.3 Å². The summed E-state index contributed by atoms with van der Waals surface area (Å²) in [6.07, 6.45) is -1.62. The van der Waals surface area contributed by atoms with Gasteiger partial charge in [0.2, 0.25) is 0 Å². The Balaban J connectivity index is 1.56. The molecule has 1 aliphatic rings. The Labute approximate surface area is 194 Å². The molecule has 5 rings (SSSR count). The lowest BCUT2D eigenvalue weighted by Gasteiger charge is -2.19. The number of pyridine rings is 1. The van der Waals surface area contributed by atoms with Gasteiger partial charge in [0, 0.05) is 10.8 Å². The number of nitriles is 1. The van der Waals surface area contributed by atoms with Crippen molar-refractivity contribution >= 4 is 33.6 Å². The van der Waals surface area contributed by atoms with Crippen LogP contribution in [0, 0.1) is 11.3 Å². The van der Waals surface area contributed by atoms with Crippen LogP contribution in [0.2, 0.25) is 0 Å². The Morgan fingerprint density at radius 1 is 1.15 bits per heavy atom. The number of rotatable bonds is 6. The quantitative estimate of drug-likeness (QED) is 0.258. The number of benzene rings is 1. The van der Waals surface area contributed by atoms with Gasteiger partial charge in [-0.25, -0.2) is 9.67 Å². The third-order valence-electron chi connectivity index (χ3n) is 5.92. The summed E-state index contributed by atoms with van der Waals surface area (Å²) in [4.78, 5) is 4.29. The lowest BCUT2D eigenvalue weighted by Crippen LogP contribution is -2.40. The monoisotopic (exact) mass is 492 g/mol. The van der Waals surface area contributed by atoms with Crippen molar-refractivity contribution < 1.29 is 22.0 Å². The first-order chi connectivity index (χ1) is 16.1. The third-order valence-corrected chi connectivity index (χ3v) is 6.87. The van der Waals surface area contributed by atoms with E-state index < -0.39 is 24.1 Å². The van der Waals surface area contributed by atoms with Gasteiger partial charge in [-0.1, -0.05) is 13.0 Å². The summed E-state index contributed by atoms with van der Waals surface area (Å²) in [5, 5.41) is 20.0. The van der Waals surface area contributed by atoms with E-state index >= 15 is 0 Å². The molecule has 176 valence electrons. The first-order valence-electron chi connectivity index (χ1n) is 10.4. The maximum absolute atomic E-state index is 13.5. The van der Waals surface area contributed by atoms with E-state index in [9.17, 15) is 27.2 Å². The first kappa shape index (κ1) is 22.6. The fourth-order valence-corrected chi connectivity index (χ4v) is 4.72. The number of thioether (sulfide) groups is 1. The van der Waals surface area contributed by atoms with Crippen molar-refractivity contribution in [3.8, 4) is 11.9 Å². The minimum atomic E-state index is -5.68. The molecule has 1 fully saturated rings. The lowest BCUT2D eigenvalue weighted by molar-refractivity contribution is -0.287. The van der Waals surface area contributed by atoms with E-state index in [-0.39, 0.29) is 5.52 Å². The SMILES string of the molecule is CCSc1c2ccc(C3(C#N)CC3)cc2nn1-c1cc2cnn(CC(F)(F)C(F)(F)F)c2cn1. The summed E-state index contributed by atoms with van der Waals surface area (Å²) in [7, 11) is 0. The summed E-state index contributed by atoms with van der Waals surface area (Å²) in [6, 6.07) is 9.69. The number of hydrogen-bond acceptors (Lipinski definition) is 5. The molecule has 6 nitrogen and oxygen atoms in total. The molecule has 0 N–H and O–H groups in total. The van der Waals surface area contributed by atoms with Gasteiger partial charge in [0.05, 0.1) is 34.9 Å². The number of hydrogen-bond donors (Lipinski definition) is 0. The third kappa shape index (κ3) is 3.58. The molecule has 12 heteroatoms. The molecule has 0 bridgehead atoms. The lowest BCUT2D eigenvalue weighted by atomic mass is 9.97. The highest BCUT2D eigenvalue weighted by Gasteiger charge is 2.58. The Morgan fingerprint density at radius 2 is 1.91 bits per heavy atom. The maximum Gasteiger partial charge on any atom is 0.455 e. The second-order valence-electron chi connectivity index (χ2n) is 8.18. The van der Waals surface area contributed by atoms with Gasteiger partial charge in [-0.05, 0) is 42.4 Å². The Morgan fingerprint density at radius 3 is 2.56 bits per heavy atom. The van der Waals surface area contributed by atoms with Crippen molar-refractivity contribution in [2.75, 3.05) is 5.75 Å². The van der Waals surface area contributed by atoms with Crippen molar-refractivity contribution in [1.29, 1.82) is 5.26 Å². The molecule has 0 saturated heterocycles. The first-order valence-corrected chi connectivity index (χ1v) is 11.4. The minimum absolute atomic E-state index is 0.0565. The van der Waals surface area contributed by atoms with Crippen LogP contribution in [0.25, 0.3) is 27.6 Å². The van der Waals surface area contributed by atoms with Crippen LogP contribution in [0.3, 0.4) is 0 Å². The van der Waals surface area contributed by atoms with Gasteiger partial charge in [0.25, 0.3) is 0 Å². The molecule has 3 heterocycles. The fraction of sp³-hybridized carbons (Fsp3) is 0.364. The molecule has 34 heavy (non-hydrogen) atoms. The van der Waals surface area contributed by atoms with Gasteiger partial charge in [-0.15, -0.1) is 11.8 Å². The molecular formula is C22H17F5N6S. The standard InChI is InChI=1S/C22H17F5N6S/c1-2-34-19-15-4-3-14(20(11-28)5-6-20)8-16(15)31-33(19)18-7-13-9-30-32(17(13)10-29-18)12-21(23,24)22(25,26)27/h3-4,7-10H,2,5-6,12H2,1H3. The second kappa shape index (κ2) is 7.66. The molecule has 4 aromatic rings. The van der Waals surface area contributed by atoms with Crippen LogP contribution in [-0.4, -0.2) is 42.4 Å². The topological polar surface area (TPSA) is 72.3 Å². The van der Waals surface area contributed by atoms with Gasteiger partial charge in [-0.2, -0.15) is 37.4 Å². The van der Waals surface area contributed by atoms with E-state index in [4.69, 9.17) is 0 Å². The van der Waals surface area contributed by atoms with Crippen LogP contribution >= 0.6 is 11.8 Å². The minimum Gasteiger partial charge on any atom is -0.257 e. The maximum atomic E-state index is 13.5. The summed E-state index contributed by atoms with van der Waals surface area (Å²) in [6.45, 7) is 0.353. The van der Waals surface area contributed by atoms with Gasteiger partial charge in [0.15, 0.2) is 5.82 Å². The summed E-state index contributed by atoms with van der Waals surface area (Å²) in [5.74, 6) is -3.79. The Bertz CT molecular complexity index is 1440. The summed E-state index contributed by atoms with van der Waals surface area (Å²) in [5.41, 5.74) is 1.20. The zero-order chi connectivity index (χ0) is 24.3. The zero-order valence-electron chi connectivity index (χ0n) is 17.8. The van der Waals surface area contributed by atoms with Crippen LogP contribution in [0.1, 0.15) is 25.3 Å². The molecule has 1 aromatic carbocycles. The van der Waals surface area contributed by atoms with Gasteiger partial charge in [-0.3, -0.25) is 4.68 Å². The van der Waals surface area contributed by atoms with E-state index in [0.717, 1.165) is 34.6 Å². The van der Waals surface area contributed by atoms with E-state index in [1.807, 2.05) is 25.1 Å². The van der Waals surface area contributed by atoms with Gasteiger partial charge < -0.3 is 0 Å². The average Bonchev–Trinajstić information content (AvgIpc) is 3.39. The number of aromatic nitrogens is 5. The van der Waals surface area contributed by atoms with E-state index in [0.29, 0.717) is 21.4 Å². The molecule has 0 aliphatic heterocycles. The zero-order valence-corrected chi connectivity index (χ0v) is 18.6. The van der Waals surface area contributed by atoms with Crippen molar-refractivity contribution in [1.82, 2.24) is 24.5 Å². The normalized spacial score (nSPS) is 15.7. The molecule has 0 amide bonds. The van der Waals surface area contributed by atoms with Crippen LogP contribution in [-0.2, 0) is 12.0 Å². The largest absolute Gasteiger partial charge is 0.455 e. The number of alkyl halides is 5. The molecule has 0 unspecified atom stereocenters. The summed E-state index contributed by atoms with van der Waals surface area (Å²) >= 11 is 1.54. The molecule has 1 saturated carbocycles. The van der Waals surface area contributed by atoms with E-state index in [1.165, 1.54) is 24.2 Å². The molecule has 0 spiro atoms. The van der Waals surface area contributed by atoms with Crippen LogP contribution in [0.15, 0.2) is 41.7 Å². The van der Waals surface area contributed by atoms with Crippen LogP contribution in [0.5, 0.6) is 0 Å². The predicted octanol–water partition coefficient (Wildman–Crippen LogP) is 5.63. The molecule has 1 aliphatic carbocycles.